The van der Waals surface area contributed by atoms with E-state index in [9.17, 15) is 4.79 Å². The van der Waals surface area contributed by atoms with Crippen LogP contribution in [0.2, 0.25) is 0 Å². The fourth-order valence-electron chi connectivity index (χ4n) is 7.22. The van der Waals surface area contributed by atoms with Crippen molar-refractivity contribution in [1.82, 2.24) is 10.8 Å². The van der Waals surface area contributed by atoms with Crippen LogP contribution in [0.5, 0.6) is 0 Å². The lowest BCUT2D eigenvalue weighted by Crippen LogP contribution is -2.53. The molecule has 2 N–H and O–H groups in total. The quantitative estimate of drug-likeness (QED) is 0.587. The molecule has 0 aromatic rings. The molecule has 1 aliphatic heterocycles. The number of ketones is 1. The van der Waals surface area contributed by atoms with Crippen LogP contribution in [0, 0.1) is 34.5 Å². The fourth-order valence-corrected chi connectivity index (χ4v) is 7.22. The third-order valence-electron chi connectivity index (χ3n) is 9.04. The molecule has 0 aromatic carbocycles. The largest absolute Gasteiger partial charge is 0.311 e. The van der Waals surface area contributed by atoms with Crippen LogP contribution < -0.4 is 10.8 Å². The summed E-state index contributed by atoms with van der Waals surface area (Å²) in [6.07, 6.45) is 10.3. The second-order valence-corrected chi connectivity index (χ2v) is 10.3. The van der Waals surface area contributed by atoms with E-state index < -0.39 is 0 Å². The molecule has 4 fully saturated rings. The number of fused-ring (bicyclic) bond motifs is 5. The maximum atomic E-state index is 12.6. The minimum absolute atomic E-state index is 0.0491. The number of carbonyl (C=O) groups excluding carboxylic acids is 1. The Morgan fingerprint density at radius 2 is 2.00 bits per heavy atom. The number of hydrogen-bond acceptors (Lipinski definition) is 4. The average Bonchev–Trinajstić information content (AvgIpc) is 2.90. The molecular formula is C23H34N2O2. The second kappa shape index (κ2) is 6.18. The summed E-state index contributed by atoms with van der Waals surface area (Å²) >= 11 is 0. The number of carbonyl (C=O) groups is 1. The van der Waals surface area contributed by atoms with Gasteiger partial charge in [-0.15, -0.1) is 0 Å². The van der Waals surface area contributed by atoms with Crippen molar-refractivity contribution in [3.8, 4) is 0 Å². The Balaban J connectivity index is 1.38. The lowest BCUT2D eigenvalue weighted by molar-refractivity contribution is -0.133. The smallest absolute Gasteiger partial charge is 0.139 e. The Kier molecular flexibility index (Phi) is 4.11. The molecule has 1 saturated heterocycles. The first-order valence-electron chi connectivity index (χ1n) is 11.0. The highest BCUT2D eigenvalue weighted by Gasteiger charge is 2.60. The molecule has 4 heteroatoms. The normalized spacial score (nSPS) is 46.8. The van der Waals surface area contributed by atoms with Crippen LogP contribution in [-0.4, -0.2) is 25.0 Å². The predicted molar refractivity (Wildman–Crippen MR) is 106 cm³/mol. The monoisotopic (exact) mass is 370 g/mol. The van der Waals surface area contributed by atoms with Gasteiger partial charge in [0, 0.05) is 36.5 Å². The van der Waals surface area contributed by atoms with Crippen molar-refractivity contribution in [3.63, 3.8) is 0 Å². The molecule has 3 saturated carbocycles. The van der Waals surface area contributed by atoms with Gasteiger partial charge in [-0.1, -0.05) is 32.1 Å². The van der Waals surface area contributed by atoms with E-state index in [0.29, 0.717) is 29.6 Å². The van der Waals surface area contributed by atoms with Crippen LogP contribution in [0.4, 0.5) is 0 Å². The first kappa shape index (κ1) is 17.9. The molecule has 0 radical (unpaired) electrons. The molecule has 5 aliphatic rings. The van der Waals surface area contributed by atoms with Crippen molar-refractivity contribution in [2.45, 2.75) is 64.9 Å². The summed E-state index contributed by atoms with van der Waals surface area (Å²) in [6, 6.07) is 0. The van der Waals surface area contributed by atoms with Crippen LogP contribution in [0.15, 0.2) is 23.9 Å². The zero-order valence-corrected chi connectivity index (χ0v) is 16.9. The molecule has 0 amide bonds. The van der Waals surface area contributed by atoms with E-state index >= 15 is 0 Å². The highest BCUT2D eigenvalue weighted by atomic mass is 16.7. The van der Waals surface area contributed by atoms with Gasteiger partial charge in [0.25, 0.3) is 0 Å². The SMILES string of the molecule is C=C1C[C@@H]2[C@H](CC[C@]3(C)C(=O)CC[C@@H]23)[C@@]2(C)CCC(NOC3CNC3)=CC12. The number of Topliss-reactive ketones (excluding diaryl/α,β-unsaturated/α-hetero) is 1. The molecule has 1 heterocycles. The maximum absolute atomic E-state index is 12.6. The van der Waals surface area contributed by atoms with E-state index in [0.717, 1.165) is 51.1 Å². The van der Waals surface area contributed by atoms with Gasteiger partial charge in [-0.2, -0.15) is 0 Å². The second-order valence-electron chi connectivity index (χ2n) is 10.3. The summed E-state index contributed by atoms with van der Waals surface area (Å²) in [5.74, 6) is 2.94. The molecule has 4 nitrogen and oxygen atoms in total. The Labute approximate surface area is 163 Å². The fraction of sp³-hybridized carbons (Fsp3) is 0.783. The van der Waals surface area contributed by atoms with Crippen LogP contribution >= 0.6 is 0 Å². The van der Waals surface area contributed by atoms with Crippen LogP contribution in [-0.2, 0) is 9.63 Å². The molecule has 0 spiro atoms. The van der Waals surface area contributed by atoms with Gasteiger partial charge in [0.05, 0.1) is 0 Å². The average molecular weight is 371 g/mol. The van der Waals surface area contributed by atoms with E-state index in [1.165, 1.54) is 24.1 Å². The summed E-state index contributed by atoms with van der Waals surface area (Å²) in [7, 11) is 0. The molecule has 27 heavy (non-hydrogen) atoms. The summed E-state index contributed by atoms with van der Waals surface area (Å²) < 4.78 is 0. The first-order chi connectivity index (χ1) is 12.9. The molecule has 1 unspecified atom stereocenters. The highest BCUT2D eigenvalue weighted by Crippen LogP contribution is 2.65. The summed E-state index contributed by atoms with van der Waals surface area (Å²) in [6.45, 7) is 11.2. The predicted octanol–water partition coefficient (Wildman–Crippen LogP) is 3.75. The van der Waals surface area contributed by atoms with E-state index in [-0.39, 0.29) is 10.8 Å². The molecule has 5 rings (SSSR count). The number of rotatable bonds is 3. The number of hydrogen-bond donors (Lipinski definition) is 2. The topological polar surface area (TPSA) is 50.4 Å². The number of allylic oxidation sites excluding steroid dienone is 3. The Morgan fingerprint density at radius 3 is 2.74 bits per heavy atom. The van der Waals surface area contributed by atoms with Crippen molar-refractivity contribution in [2.75, 3.05) is 13.1 Å². The minimum Gasteiger partial charge on any atom is -0.311 e. The zero-order chi connectivity index (χ0) is 18.8. The highest BCUT2D eigenvalue weighted by molar-refractivity contribution is 5.87. The van der Waals surface area contributed by atoms with Gasteiger partial charge in [-0.25, -0.2) is 0 Å². The third-order valence-corrected chi connectivity index (χ3v) is 9.04. The lowest BCUT2D eigenvalue weighted by atomic mass is 9.45. The molecule has 0 aromatic heterocycles. The maximum Gasteiger partial charge on any atom is 0.139 e. The zero-order valence-electron chi connectivity index (χ0n) is 16.9. The van der Waals surface area contributed by atoms with Crippen LogP contribution in [0.25, 0.3) is 0 Å². The van der Waals surface area contributed by atoms with Crippen LogP contribution in [0.1, 0.15) is 58.8 Å². The number of nitrogens with one attached hydrogen (secondary N) is 2. The minimum atomic E-state index is -0.0491. The van der Waals surface area contributed by atoms with Crippen LogP contribution in [0.3, 0.4) is 0 Å². The van der Waals surface area contributed by atoms with Crippen molar-refractivity contribution < 1.29 is 9.63 Å². The summed E-state index contributed by atoms with van der Waals surface area (Å²) in [5.41, 5.74) is 6.11. The molecule has 0 bridgehead atoms. The Hall–Kier alpha value is -1.13. The van der Waals surface area contributed by atoms with Crippen molar-refractivity contribution in [2.24, 2.45) is 34.5 Å². The molecule has 148 valence electrons. The van der Waals surface area contributed by atoms with Crippen molar-refractivity contribution in [1.29, 1.82) is 0 Å². The van der Waals surface area contributed by atoms with Crippen molar-refractivity contribution >= 4 is 5.78 Å². The van der Waals surface area contributed by atoms with Gasteiger partial charge in [0.1, 0.15) is 11.9 Å². The Bertz CT molecular complexity index is 696. The van der Waals surface area contributed by atoms with Gasteiger partial charge >= 0.3 is 0 Å². The van der Waals surface area contributed by atoms with Gasteiger partial charge in [-0.05, 0) is 61.7 Å². The van der Waals surface area contributed by atoms with Crippen molar-refractivity contribution in [3.05, 3.63) is 23.9 Å². The number of hydroxylamine groups is 1. The van der Waals surface area contributed by atoms with Gasteiger partial charge in [-0.3, -0.25) is 15.1 Å². The summed E-state index contributed by atoms with van der Waals surface area (Å²) in [4.78, 5) is 18.4. The molecule has 6 atom stereocenters. The van der Waals surface area contributed by atoms with E-state index in [2.05, 4.69) is 37.3 Å². The summed E-state index contributed by atoms with van der Waals surface area (Å²) in [5, 5.41) is 3.24. The molecule has 4 aliphatic carbocycles. The Morgan fingerprint density at radius 1 is 1.19 bits per heavy atom. The lowest BCUT2D eigenvalue weighted by Gasteiger charge is -2.59. The third kappa shape index (κ3) is 2.59. The van der Waals surface area contributed by atoms with E-state index in [1.807, 2.05) is 0 Å². The first-order valence-corrected chi connectivity index (χ1v) is 11.0. The van der Waals surface area contributed by atoms with Gasteiger partial charge in [0.2, 0.25) is 0 Å². The van der Waals surface area contributed by atoms with E-state index in [4.69, 9.17) is 4.84 Å². The molecular weight excluding hydrogens is 336 g/mol. The van der Waals surface area contributed by atoms with Gasteiger partial charge in [0.15, 0.2) is 0 Å². The van der Waals surface area contributed by atoms with Gasteiger partial charge < -0.3 is 5.32 Å². The van der Waals surface area contributed by atoms with E-state index in [1.54, 1.807) is 0 Å². The standard InChI is InChI=1S/C23H34N2O2/c1-14-10-17-18-4-5-21(26)23(18,3)9-7-19(17)22(2)8-6-15(11-20(14)22)25-27-16-12-24-13-16/h11,16-20,24-25H,1,4-10,12-13H2,2-3H3/t17-,18-,19-,20?,22+,23-/m0/s1.